The molecule has 1 aliphatic rings. The predicted molar refractivity (Wildman–Crippen MR) is 81.5 cm³/mol. The molecular formula is C16H22N2S. The quantitative estimate of drug-likeness (QED) is 0.784. The van der Waals surface area contributed by atoms with Crippen LogP contribution < -0.4 is 0 Å². The maximum absolute atomic E-state index is 9.70. The molecule has 1 heterocycles. The van der Waals surface area contributed by atoms with Crippen molar-refractivity contribution in [1.29, 1.82) is 5.26 Å². The van der Waals surface area contributed by atoms with Crippen molar-refractivity contribution < 1.29 is 0 Å². The van der Waals surface area contributed by atoms with E-state index in [1.165, 1.54) is 16.9 Å². The SMILES string of the molecule is CCCN1CCC(C#N)(c2cccc(SC)c2)CC1. The van der Waals surface area contributed by atoms with Gasteiger partial charge in [-0.1, -0.05) is 19.1 Å². The van der Waals surface area contributed by atoms with Crippen molar-refractivity contribution in [3.63, 3.8) is 0 Å². The van der Waals surface area contributed by atoms with E-state index in [9.17, 15) is 5.26 Å². The number of benzene rings is 1. The van der Waals surface area contributed by atoms with Crippen LogP contribution in [-0.4, -0.2) is 30.8 Å². The molecule has 0 radical (unpaired) electrons. The first-order valence-corrected chi connectivity index (χ1v) is 8.24. The van der Waals surface area contributed by atoms with Gasteiger partial charge in [0.25, 0.3) is 0 Å². The summed E-state index contributed by atoms with van der Waals surface area (Å²) in [7, 11) is 0. The Labute approximate surface area is 120 Å². The second-order valence-electron chi connectivity index (χ2n) is 5.27. The van der Waals surface area contributed by atoms with Gasteiger partial charge in [0.05, 0.1) is 11.5 Å². The summed E-state index contributed by atoms with van der Waals surface area (Å²) in [4.78, 5) is 3.73. The standard InChI is InChI=1S/C16H22N2S/c1-3-9-18-10-7-16(13-17,8-11-18)14-5-4-6-15(12-14)19-2/h4-6,12H,3,7-11H2,1-2H3. The summed E-state index contributed by atoms with van der Waals surface area (Å²) >= 11 is 1.75. The van der Waals surface area contributed by atoms with Crippen LogP contribution in [0.5, 0.6) is 0 Å². The molecule has 0 N–H and O–H groups in total. The van der Waals surface area contributed by atoms with Gasteiger partial charge in [0.2, 0.25) is 0 Å². The molecule has 1 aromatic carbocycles. The van der Waals surface area contributed by atoms with Crippen molar-refractivity contribution in [2.75, 3.05) is 25.9 Å². The Hall–Kier alpha value is -0.980. The molecule has 2 nitrogen and oxygen atoms in total. The van der Waals surface area contributed by atoms with Gasteiger partial charge in [0, 0.05) is 4.90 Å². The van der Waals surface area contributed by atoms with Gasteiger partial charge in [0.1, 0.15) is 0 Å². The summed E-state index contributed by atoms with van der Waals surface area (Å²) in [5.74, 6) is 0. The zero-order chi connectivity index (χ0) is 13.7. The fraction of sp³-hybridized carbons (Fsp3) is 0.562. The van der Waals surface area contributed by atoms with Crippen molar-refractivity contribution in [3.8, 4) is 6.07 Å². The summed E-state index contributed by atoms with van der Waals surface area (Å²) < 4.78 is 0. The smallest absolute Gasteiger partial charge is 0.0847 e. The molecule has 1 aliphatic heterocycles. The molecule has 0 saturated carbocycles. The average molecular weight is 274 g/mol. The van der Waals surface area contributed by atoms with E-state index < -0.39 is 0 Å². The van der Waals surface area contributed by atoms with Gasteiger partial charge in [-0.05, 0) is 62.8 Å². The van der Waals surface area contributed by atoms with Gasteiger partial charge >= 0.3 is 0 Å². The number of nitrogens with zero attached hydrogens (tertiary/aromatic N) is 2. The zero-order valence-electron chi connectivity index (χ0n) is 11.9. The first-order chi connectivity index (χ1) is 9.24. The van der Waals surface area contributed by atoms with Crippen LogP contribution in [-0.2, 0) is 5.41 Å². The van der Waals surface area contributed by atoms with E-state index >= 15 is 0 Å². The van der Waals surface area contributed by atoms with Crippen LogP contribution in [0.3, 0.4) is 0 Å². The highest BCUT2D eigenvalue weighted by atomic mass is 32.2. The molecule has 1 saturated heterocycles. The predicted octanol–water partition coefficient (Wildman–Crippen LogP) is 3.68. The van der Waals surface area contributed by atoms with Gasteiger partial charge in [-0.15, -0.1) is 11.8 Å². The monoisotopic (exact) mass is 274 g/mol. The largest absolute Gasteiger partial charge is 0.303 e. The lowest BCUT2D eigenvalue weighted by molar-refractivity contribution is 0.186. The van der Waals surface area contributed by atoms with E-state index in [4.69, 9.17) is 0 Å². The maximum atomic E-state index is 9.70. The van der Waals surface area contributed by atoms with Crippen molar-refractivity contribution in [2.24, 2.45) is 0 Å². The highest BCUT2D eigenvalue weighted by molar-refractivity contribution is 7.98. The molecule has 3 heteroatoms. The number of hydrogen-bond donors (Lipinski definition) is 0. The number of likely N-dealkylation sites (tertiary alicyclic amines) is 1. The molecule has 0 spiro atoms. The maximum Gasteiger partial charge on any atom is 0.0847 e. The van der Waals surface area contributed by atoms with Crippen LogP contribution in [0.2, 0.25) is 0 Å². The number of hydrogen-bond acceptors (Lipinski definition) is 3. The van der Waals surface area contributed by atoms with Crippen LogP contribution in [0.15, 0.2) is 29.2 Å². The summed E-state index contributed by atoms with van der Waals surface area (Å²) in [5, 5.41) is 9.70. The first-order valence-electron chi connectivity index (χ1n) is 7.02. The van der Waals surface area contributed by atoms with Gasteiger partial charge in [0.15, 0.2) is 0 Å². The molecule has 1 fully saturated rings. The lowest BCUT2D eigenvalue weighted by Gasteiger charge is -2.37. The summed E-state index contributed by atoms with van der Waals surface area (Å²) in [6.07, 6.45) is 5.20. The van der Waals surface area contributed by atoms with Gasteiger partial charge in [-0.25, -0.2) is 0 Å². The number of piperidine rings is 1. The van der Waals surface area contributed by atoms with Crippen molar-refractivity contribution >= 4 is 11.8 Å². The molecule has 0 aliphatic carbocycles. The van der Waals surface area contributed by atoms with Crippen LogP contribution in [0.25, 0.3) is 0 Å². The molecule has 19 heavy (non-hydrogen) atoms. The Morgan fingerprint density at radius 1 is 1.37 bits per heavy atom. The highest BCUT2D eigenvalue weighted by Gasteiger charge is 2.36. The van der Waals surface area contributed by atoms with E-state index in [0.717, 1.165) is 32.5 Å². The second-order valence-corrected chi connectivity index (χ2v) is 6.15. The Kier molecular flexibility index (Phi) is 4.90. The third-order valence-electron chi connectivity index (χ3n) is 4.09. The summed E-state index contributed by atoms with van der Waals surface area (Å²) in [6, 6.07) is 11.1. The molecule has 0 atom stereocenters. The molecule has 102 valence electrons. The number of rotatable bonds is 4. The summed E-state index contributed by atoms with van der Waals surface area (Å²) in [6.45, 7) is 5.47. The molecule has 0 unspecified atom stereocenters. The van der Waals surface area contributed by atoms with Crippen molar-refractivity contribution in [2.45, 2.75) is 36.5 Å². The van der Waals surface area contributed by atoms with E-state index in [1.54, 1.807) is 11.8 Å². The topological polar surface area (TPSA) is 27.0 Å². The van der Waals surface area contributed by atoms with Gasteiger partial charge in [-0.2, -0.15) is 5.26 Å². The Balaban J connectivity index is 2.18. The first kappa shape index (κ1) is 14.4. The Bertz CT molecular complexity index is 456. The minimum absolute atomic E-state index is 0.268. The molecule has 1 aromatic rings. The van der Waals surface area contributed by atoms with Crippen molar-refractivity contribution in [1.82, 2.24) is 4.90 Å². The number of thioether (sulfide) groups is 1. The van der Waals surface area contributed by atoms with Crippen LogP contribution >= 0.6 is 11.8 Å². The summed E-state index contributed by atoms with van der Waals surface area (Å²) in [5.41, 5.74) is 0.939. The van der Waals surface area contributed by atoms with Gasteiger partial charge < -0.3 is 4.90 Å². The highest BCUT2D eigenvalue weighted by Crippen LogP contribution is 2.36. The number of nitriles is 1. The van der Waals surface area contributed by atoms with Crippen LogP contribution in [0, 0.1) is 11.3 Å². The lowest BCUT2D eigenvalue weighted by atomic mass is 9.74. The lowest BCUT2D eigenvalue weighted by Crippen LogP contribution is -2.42. The minimum atomic E-state index is -0.268. The van der Waals surface area contributed by atoms with Crippen molar-refractivity contribution in [3.05, 3.63) is 29.8 Å². The third kappa shape index (κ3) is 3.13. The second kappa shape index (κ2) is 6.45. The normalized spacial score (nSPS) is 19.0. The van der Waals surface area contributed by atoms with E-state index in [1.807, 2.05) is 0 Å². The Morgan fingerprint density at radius 3 is 2.68 bits per heavy atom. The van der Waals surface area contributed by atoms with E-state index in [-0.39, 0.29) is 5.41 Å². The van der Waals surface area contributed by atoms with Crippen LogP contribution in [0.1, 0.15) is 31.7 Å². The molecular weight excluding hydrogens is 252 g/mol. The molecule has 0 aromatic heterocycles. The average Bonchev–Trinajstić information content (AvgIpc) is 2.49. The molecule has 0 amide bonds. The Morgan fingerprint density at radius 2 is 2.11 bits per heavy atom. The van der Waals surface area contributed by atoms with E-state index in [0.29, 0.717) is 0 Å². The van der Waals surface area contributed by atoms with Gasteiger partial charge in [-0.3, -0.25) is 0 Å². The molecule has 2 rings (SSSR count). The molecule has 0 bridgehead atoms. The zero-order valence-corrected chi connectivity index (χ0v) is 12.7. The fourth-order valence-electron chi connectivity index (χ4n) is 2.86. The fourth-order valence-corrected chi connectivity index (χ4v) is 3.32. The van der Waals surface area contributed by atoms with E-state index in [2.05, 4.69) is 48.4 Å². The minimum Gasteiger partial charge on any atom is -0.303 e. The third-order valence-corrected chi connectivity index (χ3v) is 4.81. The van der Waals surface area contributed by atoms with Crippen LogP contribution in [0.4, 0.5) is 0 Å².